The first-order chi connectivity index (χ1) is 8.08. The van der Waals surface area contributed by atoms with E-state index in [0.29, 0.717) is 11.6 Å². The molecule has 1 heterocycles. The lowest BCUT2D eigenvalue weighted by molar-refractivity contribution is 0.100. The monoisotopic (exact) mass is 297 g/mol. The third-order valence-electron chi connectivity index (χ3n) is 2.93. The lowest BCUT2D eigenvalue weighted by Gasteiger charge is -2.34. The quantitative estimate of drug-likeness (QED) is 0.866. The van der Waals surface area contributed by atoms with Gasteiger partial charge in [0.1, 0.15) is 0 Å². The maximum Gasteiger partial charge on any atom is 0.250 e. The van der Waals surface area contributed by atoms with Gasteiger partial charge in [-0.05, 0) is 25.1 Å². The largest absolute Gasteiger partial charge is 0.368 e. The molecular weight excluding hydrogens is 282 g/mol. The Bertz CT molecular complexity index is 436. The highest BCUT2D eigenvalue weighted by Gasteiger charge is 2.20. The topological polar surface area (TPSA) is 58.4 Å². The Morgan fingerprint density at radius 2 is 2.35 bits per heavy atom. The van der Waals surface area contributed by atoms with E-state index in [-0.39, 0.29) is 5.91 Å². The van der Waals surface area contributed by atoms with Crippen LogP contribution >= 0.6 is 15.9 Å². The SMILES string of the molecule is C[C@@H]1CN(c2ccc(Br)cc2C(N)=O)CCN1. The third kappa shape index (κ3) is 2.79. The predicted molar refractivity (Wildman–Crippen MR) is 72.3 cm³/mol. The fourth-order valence-electron chi connectivity index (χ4n) is 2.13. The highest BCUT2D eigenvalue weighted by atomic mass is 79.9. The molecule has 0 radical (unpaired) electrons. The number of amides is 1. The molecule has 0 spiro atoms. The molecule has 1 amide bonds. The first-order valence-corrected chi connectivity index (χ1v) is 6.45. The lowest BCUT2D eigenvalue weighted by Crippen LogP contribution is -2.49. The molecule has 0 aromatic heterocycles. The van der Waals surface area contributed by atoms with Gasteiger partial charge in [0.05, 0.1) is 5.56 Å². The predicted octanol–water partition coefficient (Wildman–Crippen LogP) is 1.35. The molecule has 1 aliphatic rings. The summed E-state index contributed by atoms with van der Waals surface area (Å²) in [7, 11) is 0. The van der Waals surface area contributed by atoms with Crippen molar-refractivity contribution in [2.45, 2.75) is 13.0 Å². The molecule has 0 saturated carbocycles. The smallest absolute Gasteiger partial charge is 0.250 e. The highest BCUT2D eigenvalue weighted by molar-refractivity contribution is 9.10. The molecule has 3 N–H and O–H groups in total. The molecule has 1 atom stereocenters. The Labute approximate surface area is 109 Å². The van der Waals surface area contributed by atoms with Crippen molar-refractivity contribution in [1.29, 1.82) is 0 Å². The summed E-state index contributed by atoms with van der Waals surface area (Å²) >= 11 is 3.36. The second kappa shape index (κ2) is 5.06. The van der Waals surface area contributed by atoms with Crippen molar-refractivity contribution >= 4 is 27.5 Å². The fraction of sp³-hybridized carbons (Fsp3) is 0.417. The fourth-order valence-corrected chi connectivity index (χ4v) is 2.49. The minimum atomic E-state index is -0.382. The van der Waals surface area contributed by atoms with Crippen molar-refractivity contribution in [3.63, 3.8) is 0 Å². The minimum absolute atomic E-state index is 0.382. The number of carbonyl (C=O) groups is 1. The van der Waals surface area contributed by atoms with E-state index in [2.05, 4.69) is 33.1 Å². The van der Waals surface area contributed by atoms with E-state index in [1.54, 1.807) is 6.07 Å². The van der Waals surface area contributed by atoms with Gasteiger partial charge in [-0.25, -0.2) is 0 Å². The van der Waals surface area contributed by atoms with E-state index < -0.39 is 0 Å². The van der Waals surface area contributed by atoms with Crippen molar-refractivity contribution in [3.8, 4) is 0 Å². The molecule has 1 saturated heterocycles. The molecule has 1 aromatic carbocycles. The van der Waals surface area contributed by atoms with Crippen LogP contribution < -0.4 is 16.0 Å². The molecule has 4 nitrogen and oxygen atoms in total. The van der Waals surface area contributed by atoms with Crippen molar-refractivity contribution in [3.05, 3.63) is 28.2 Å². The number of rotatable bonds is 2. The van der Waals surface area contributed by atoms with Crippen LogP contribution in [0.25, 0.3) is 0 Å². The van der Waals surface area contributed by atoms with Crippen molar-refractivity contribution < 1.29 is 4.79 Å². The Kier molecular flexibility index (Phi) is 3.69. The third-order valence-corrected chi connectivity index (χ3v) is 3.43. The standard InChI is InChI=1S/C12H16BrN3O/c1-8-7-16(5-4-15-8)11-3-2-9(13)6-10(11)12(14)17/h2-3,6,8,15H,4-5,7H2,1H3,(H2,14,17)/t8-/m1/s1. The van der Waals surface area contributed by atoms with Crippen LogP contribution in [0.1, 0.15) is 17.3 Å². The molecule has 1 fully saturated rings. The number of nitrogens with one attached hydrogen (secondary N) is 1. The van der Waals surface area contributed by atoms with Crippen molar-refractivity contribution in [2.75, 3.05) is 24.5 Å². The van der Waals surface area contributed by atoms with Crippen LogP contribution in [0, 0.1) is 0 Å². The zero-order chi connectivity index (χ0) is 12.4. The van der Waals surface area contributed by atoms with Crippen LogP contribution in [0.4, 0.5) is 5.69 Å². The van der Waals surface area contributed by atoms with Gasteiger partial charge in [0.25, 0.3) is 5.91 Å². The van der Waals surface area contributed by atoms with Gasteiger partial charge in [-0.1, -0.05) is 15.9 Å². The Hall–Kier alpha value is -1.07. The van der Waals surface area contributed by atoms with Crippen LogP contribution in [-0.2, 0) is 0 Å². The number of benzene rings is 1. The molecule has 17 heavy (non-hydrogen) atoms. The second-order valence-electron chi connectivity index (χ2n) is 4.33. The van der Waals surface area contributed by atoms with E-state index >= 15 is 0 Å². The maximum absolute atomic E-state index is 11.5. The zero-order valence-corrected chi connectivity index (χ0v) is 11.3. The van der Waals surface area contributed by atoms with E-state index in [1.807, 2.05) is 12.1 Å². The summed E-state index contributed by atoms with van der Waals surface area (Å²) in [4.78, 5) is 13.7. The van der Waals surface area contributed by atoms with E-state index in [0.717, 1.165) is 29.8 Å². The number of nitrogens with zero attached hydrogens (tertiary/aromatic N) is 1. The maximum atomic E-state index is 11.5. The molecule has 1 aliphatic heterocycles. The number of anilines is 1. The van der Waals surface area contributed by atoms with Gasteiger partial charge >= 0.3 is 0 Å². The van der Waals surface area contributed by atoms with Crippen molar-refractivity contribution in [2.24, 2.45) is 5.73 Å². The minimum Gasteiger partial charge on any atom is -0.368 e. The van der Waals surface area contributed by atoms with E-state index in [4.69, 9.17) is 5.73 Å². The Morgan fingerprint density at radius 1 is 1.59 bits per heavy atom. The van der Waals surface area contributed by atoms with Gasteiger partial charge < -0.3 is 16.0 Å². The first kappa shape index (κ1) is 12.4. The van der Waals surface area contributed by atoms with Crippen LogP contribution in [0.2, 0.25) is 0 Å². The number of piperazine rings is 1. The summed E-state index contributed by atoms with van der Waals surface area (Å²) in [5.74, 6) is -0.382. The number of hydrogen-bond acceptors (Lipinski definition) is 3. The molecule has 1 aromatic rings. The summed E-state index contributed by atoms with van der Waals surface area (Å²) in [5, 5.41) is 3.37. The van der Waals surface area contributed by atoms with Gasteiger partial charge in [0, 0.05) is 35.8 Å². The molecule has 0 bridgehead atoms. The Morgan fingerprint density at radius 3 is 3.00 bits per heavy atom. The summed E-state index contributed by atoms with van der Waals surface area (Å²) in [6.45, 7) is 4.85. The van der Waals surface area contributed by atoms with Gasteiger partial charge in [-0.2, -0.15) is 0 Å². The second-order valence-corrected chi connectivity index (χ2v) is 5.24. The lowest BCUT2D eigenvalue weighted by atomic mass is 10.1. The van der Waals surface area contributed by atoms with Crippen molar-refractivity contribution in [1.82, 2.24) is 5.32 Å². The highest BCUT2D eigenvalue weighted by Crippen LogP contribution is 2.25. The zero-order valence-electron chi connectivity index (χ0n) is 9.74. The average Bonchev–Trinajstić information content (AvgIpc) is 2.28. The van der Waals surface area contributed by atoms with Gasteiger partial charge in [0.15, 0.2) is 0 Å². The summed E-state index contributed by atoms with van der Waals surface area (Å²) in [5.41, 5.74) is 6.93. The summed E-state index contributed by atoms with van der Waals surface area (Å²) < 4.78 is 0.873. The summed E-state index contributed by atoms with van der Waals surface area (Å²) in [6, 6.07) is 6.09. The van der Waals surface area contributed by atoms with Gasteiger partial charge in [0.2, 0.25) is 0 Å². The van der Waals surface area contributed by atoms with Gasteiger partial charge in [-0.15, -0.1) is 0 Å². The molecule has 0 unspecified atom stereocenters. The Balaban J connectivity index is 2.33. The van der Waals surface area contributed by atoms with Gasteiger partial charge in [-0.3, -0.25) is 4.79 Å². The number of hydrogen-bond donors (Lipinski definition) is 2. The number of halogens is 1. The molecule has 92 valence electrons. The summed E-state index contributed by atoms with van der Waals surface area (Å²) in [6.07, 6.45) is 0. The first-order valence-electron chi connectivity index (χ1n) is 5.65. The van der Waals surface area contributed by atoms with Crippen LogP contribution in [0.15, 0.2) is 22.7 Å². The van der Waals surface area contributed by atoms with E-state index in [1.165, 1.54) is 0 Å². The average molecular weight is 298 g/mol. The van der Waals surface area contributed by atoms with Crippen LogP contribution in [-0.4, -0.2) is 31.6 Å². The molecule has 5 heteroatoms. The normalized spacial score (nSPS) is 20.4. The van der Waals surface area contributed by atoms with Crippen LogP contribution in [0.3, 0.4) is 0 Å². The van der Waals surface area contributed by atoms with Crippen LogP contribution in [0.5, 0.6) is 0 Å². The molecule has 0 aliphatic carbocycles. The molecule has 2 rings (SSSR count). The van der Waals surface area contributed by atoms with E-state index in [9.17, 15) is 4.79 Å². The number of nitrogens with two attached hydrogens (primary N) is 1. The molecular formula is C12H16BrN3O. The number of primary amides is 1. The number of carbonyl (C=O) groups excluding carboxylic acids is 1.